The van der Waals surface area contributed by atoms with Crippen LogP contribution in [0.25, 0.3) is 0 Å². The van der Waals surface area contributed by atoms with Crippen molar-refractivity contribution in [2.24, 2.45) is 5.92 Å². The lowest BCUT2D eigenvalue weighted by Crippen LogP contribution is -2.50. The molecule has 1 aromatic carbocycles. The van der Waals surface area contributed by atoms with Gasteiger partial charge in [0.1, 0.15) is 0 Å². The summed E-state index contributed by atoms with van der Waals surface area (Å²) in [6.07, 6.45) is 6.02. The van der Waals surface area contributed by atoms with Crippen molar-refractivity contribution < 1.29 is 9.59 Å². The molecule has 2 N–H and O–H groups in total. The summed E-state index contributed by atoms with van der Waals surface area (Å²) < 4.78 is 0. The van der Waals surface area contributed by atoms with E-state index in [9.17, 15) is 9.59 Å². The van der Waals surface area contributed by atoms with Gasteiger partial charge in [-0.25, -0.2) is 4.79 Å². The number of fused-ring (bicyclic) bond motifs is 1. The van der Waals surface area contributed by atoms with Crippen LogP contribution in [0.2, 0.25) is 0 Å². The van der Waals surface area contributed by atoms with Crippen molar-refractivity contribution >= 4 is 17.6 Å². The van der Waals surface area contributed by atoms with Crippen molar-refractivity contribution in [3.05, 3.63) is 29.8 Å². The summed E-state index contributed by atoms with van der Waals surface area (Å²) in [6, 6.07) is 8.04. The molecule has 3 rings (SSSR count). The third-order valence-corrected chi connectivity index (χ3v) is 5.01. The summed E-state index contributed by atoms with van der Waals surface area (Å²) in [5, 5.41) is 5.84. The van der Waals surface area contributed by atoms with E-state index in [0.29, 0.717) is 18.5 Å². The highest BCUT2D eigenvalue weighted by atomic mass is 16.2. The molecule has 0 radical (unpaired) electrons. The summed E-state index contributed by atoms with van der Waals surface area (Å²) in [4.78, 5) is 25.9. The first kappa shape index (κ1) is 15.8. The molecule has 1 aromatic rings. The Morgan fingerprint density at radius 2 is 1.96 bits per heavy atom. The Morgan fingerprint density at radius 1 is 1.17 bits per heavy atom. The third-order valence-electron chi connectivity index (χ3n) is 5.01. The first-order valence-electron chi connectivity index (χ1n) is 8.55. The van der Waals surface area contributed by atoms with Gasteiger partial charge in [0.25, 0.3) is 0 Å². The first-order valence-corrected chi connectivity index (χ1v) is 8.55. The SMILES string of the molecule is CC(=O)Nc1ccccc1CNC(=O)N1CCC[C@H]2CCC[C@@H]21. The largest absolute Gasteiger partial charge is 0.334 e. The molecule has 2 fully saturated rings. The van der Waals surface area contributed by atoms with E-state index in [-0.39, 0.29) is 11.9 Å². The highest BCUT2D eigenvalue weighted by molar-refractivity contribution is 5.89. The van der Waals surface area contributed by atoms with Crippen molar-refractivity contribution in [3.63, 3.8) is 0 Å². The zero-order valence-corrected chi connectivity index (χ0v) is 13.7. The molecule has 1 saturated heterocycles. The molecule has 0 aromatic heterocycles. The van der Waals surface area contributed by atoms with Gasteiger partial charge in [-0.05, 0) is 43.2 Å². The Hall–Kier alpha value is -2.04. The van der Waals surface area contributed by atoms with Crippen molar-refractivity contribution in [2.75, 3.05) is 11.9 Å². The van der Waals surface area contributed by atoms with Crippen LogP contribution in [-0.2, 0) is 11.3 Å². The summed E-state index contributed by atoms with van der Waals surface area (Å²) in [5.74, 6) is 0.592. The Morgan fingerprint density at radius 3 is 2.78 bits per heavy atom. The number of nitrogens with one attached hydrogen (secondary N) is 2. The number of anilines is 1. The number of rotatable bonds is 3. The Bertz CT molecular complexity index is 587. The molecule has 0 bridgehead atoms. The number of amides is 3. The molecular weight excluding hydrogens is 290 g/mol. The lowest BCUT2D eigenvalue weighted by atomic mass is 9.92. The van der Waals surface area contributed by atoms with Gasteiger partial charge in [0.05, 0.1) is 0 Å². The van der Waals surface area contributed by atoms with Crippen molar-refractivity contribution in [3.8, 4) is 0 Å². The molecule has 0 unspecified atom stereocenters. The fourth-order valence-electron chi connectivity index (χ4n) is 3.96. The third kappa shape index (κ3) is 3.66. The predicted octanol–water partition coefficient (Wildman–Crippen LogP) is 3.12. The van der Waals surface area contributed by atoms with Gasteiger partial charge in [-0.1, -0.05) is 24.6 Å². The molecule has 5 heteroatoms. The van der Waals surface area contributed by atoms with Gasteiger partial charge in [-0.2, -0.15) is 0 Å². The molecule has 2 aliphatic rings. The molecule has 1 aliphatic heterocycles. The van der Waals surface area contributed by atoms with Gasteiger partial charge in [0, 0.05) is 31.7 Å². The number of carbonyl (C=O) groups is 2. The maximum Gasteiger partial charge on any atom is 0.317 e. The monoisotopic (exact) mass is 315 g/mol. The summed E-state index contributed by atoms with van der Waals surface area (Å²) >= 11 is 0. The van der Waals surface area contributed by atoms with Gasteiger partial charge in [-0.3, -0.25) is 4.79 Å². The summed E-state index contributed by atoms with van der Waals surface area (Å²) in [7, 11) is 0. The van der Waals surface area contributed by atoms with Crippen LogP contribution in [0.4, 0.5) is 10.5 Å². The van der Waals surface area contributed by atoms with E-state index in [4.69, 9.17) is 0 Å². The van der Waals surface area contributed by atoms with Gasteiger partial charge in [0.15, 0.2) is 0 Å². The summed E-state index contributed by atoms with van der Waals surface area (Å²) in [5.41, 5.74) is 1.69. The van der Waals surface area contributed by atoms with Crippen LogP contribution in [0, 0.1) is 5.92 Å². The normalized spacial score (nSPS) is 23.3. The second-order valence-corrected chi connectivity index (χ2v) is 6.59. The fourth-order valence-corrected chi connectivity index (χ4v) is 3.96. The van der Waals surface area contributed by atoms with E-state index in [0.717, 1.165) is 30.6 Å². The average molecular weight is 315 g/mol. The van der Waals surface area contributed by atoms with Crippen LogP contribution < -0.4 is 10.6 Å². The number of urea groups is 1. The number of para-hydroxylation sites is 1. The lowest BCUT2D eigenvalue weighted by Gasteiger charge is -2.37. The van der Waals surface area contributed by atoms with E-state index in [1.54, 1.807) is 0 Å². The van der Waals surface area contributed by atoms with Crippen molar-refractivity contribution in [1.82, 2.24) is 10.2 Å². The Kier molecular flexibility index (Phi) is 4.84. The zero-order valence-electron chi connectivity index (χ0n) is 13.7. The fraction of sp³-hybridized carbons (Fsp3) is 0.556. The van der Waals surface area contributed by atoms with Gasteiger partial charge < -0.3 is 15.5 Å². The molecule has 1 aliphatic carbocycles. The highest BCUT2D eigenvalue weighted by Gasteiger charge is 2.37. The van der Waals surface area contributed by atoms with Crippen LogP contribution in [-0.4, -0.2) is 29.4 Å². The quantitative estimate of drug-likeness (QED) is 0.900. The zero-order chi connectivity index (χ0) is 16.2. The van der Waals surface area contributed by atoms with Crippen LogP contribution in [0.1, 0.15) is 44.6 Å². The molecule has 124 valence electrons. The Labute approximate surface area is 137 Å². The van der Waals surface area contributed by atoms with Crippen LogP contribution in [0.5, 0.6) is 0 Å². The van der Waals surface area contributed by atoms with Gasteiger partial charge >= 0.3 is 6.03 Å². The standard InChI is InChI=1S/C18H25N3O2/c1-13(22)20-16-9-3-2-6-15(16)12-19-18(23)21-11-5-8-14-7-4-10-17(14)21/h2-3,6,9,14,17H,4-5,7-8,10-12H2,1H3,(H,19,23)(H,20,22)/t14-,17+/m1/s1. The number of hydrogen-bond acceptors (Lipinski definition) is 2. The number of carbonyl (C=O) groups excluding carboxylic acids is 2. The smallest absolute Gasteiger partial charge is 0.317 e. The molecule has 5 nitrogen and oxygen atoms in total. The van der Waals surface area contributed by atoms with E-state index in [1.807, 2.05) is 29.2 Å². The molecule has 3 amide bonds. The molecule has 2 atom stereocenters. The maximum atomic E-state index is 12.6. The number of piperidine rings is 1. The molecule has 1 saturated carbocycles. The lowest BCUT2D eigenvalue weighted by molar-refractivity contribution is -0.114. The minimum Gasteiger partial charge on any atom is -0.334 e. The number of hydrogen-bond donors (Lipinski definition) is 2. The second kappa shape index (κ2) is 7.02. The van der Waals surface area contributed by atoms with E-state index in [1.165, 1.54) is 26.2 Å². The minimum atomic E-state index is -0.103. The predicted molar refractivity (Wildman–Crippen MR) is 90.1 cm³/mol. The van der Waals surface area contributed by atoms with E-state index in [2.05, 4.69) is 10.6 Å². The maximum absolute atomic E-state index is 12.6. The van der Waals surface area contributed by atoms with Gasteiger partial charge in [-0.15, -0.1) is 0 Å². The summed E-state index contributed by atoms with van der Waals surface area (Å²) in [6.45, 7) is 2.78. The topological polar surface area (TPSA) is 61.4 Å². The van der Waals surface area contributed by atoms with Crippen molar-refractivity contribution in [2.45, 2.75) is 51.6 Å². The molecule has 1 heterocycles. The minimum absolute atomic E-state index is 0.0271. The van der Waals surface area contributed by atoms with Gasteiger partial charge in [0.2, 0.25) is 5.91 Å². The highest BCUT2D eigenvalue weighted by Crippen LogP contribution is 2.36. The average Bonchev–Trinajstić information content (AvgIpc) is 3.01. The number of benzene rings is 1. The number of likely N-dealkylation sites (tertiary alicyclic amines) is 1. The van der Waals surface area contributed by atoms with Crippen molar-refractivity contribution in [1.29, 1.82) is 0 Å². The second-order valence-electron chi connectivity index (χ2n) is 6.59. The molecule has 23 heavy (non-hydrogen) atoms. The molecular formula is C18H25N3O2. The Balaban J connectivity index is 1.62. The van der Waals surface area contributed by atoms with Crippen LogP contribution in [0.15, 0.2) is 24.3 Å². The van der Waals surface area contributed by atoms with Crippen LogP contribution in [0.3, 0.4) is 0 Å². The van der Waals surface area contributed by atoms with Crippen LogP contribution >= 0.6 is 0 Å². The first-order chi connectivity index (χ1) is 11.1. The molecule has 0 spiro atoms. The number of nitrogens with zero attached hydrogens (tertiary/aromatic N) is 1. The van der Waals surface area contributed by atoms with E-state index < -0.39 is 0 Å². The van der Waals surface area contributed by atoms with E-state index >= 15 is 0 Å².